The minimum absolute atomic E-state index is 0.0136. The van der Waals surface area contributed by atoms with Crippen LogP contribution in [0.25, 0.3) is 0 Å². The summed E-state index contributed by atoms with van der Waals surface area (Å²) in [4.78, 5) is 44.0. The fourth-order valence-electron chi connectivity index (χ4n) is 7.90. The molecule has 210 valence electrons. The molecule has 3 amide bonds. The van der Waals surface area contributed by atoms with E-state index in [4.69, 9.17) is 16.3 Å². The molecule has 2 bridgehead atoms. The molecule has 8 atom stereocenters. The third kappa shape index (κ3) is 4.40. The maximum Gasteiger partial charge on any atom is 0.246 e. The summed E-state index contributed by atoms with van der Waals surface area (Å²) in [6.07, 6.45) is 11.4. The average Bonchev–Trinajstić information content (AvgIpc) is 3.56. The zero-order valence-corrected chi connectivity index (χ0v) is 23.9. The number of amides is 3. The minimum atomic E-state index is -1.13. The van der Waals surface area contributed by atoms with Gasteiger partial charge in [0.05, 0.1) is 17.9 Å². The molecule has 2 saturated heterocycles. The Bertz CT molecular complexity index is 1200. The summed E-state index contributed by atoms with van der Waals surface area (Å²) in [5, 5.41) is 6.89. The van der Waals surface area contributed by atoms with Gasteiger partial charge in [0.2, 0.25) is 17.7 Å². The summed E-state index contributed by atoms with van der Waals surface area (Å²) in [6, 6.07) is 4.69. The van der Waals surface area contributed by atoms with Gasteiger partial charge in [-0.3, -0.25) is 14.4 Å². The quantitative estimate of drug-likeness (QED) is 0.502. The number of carbonyl (C=O) groups is 3. The van der Waals surface area contributed by atoms with E-state index in [-0.39, 0.29) is 29.8 Å². The van der Waals surface area contributed by atoms with E-state index >= 15 is 0 Å². The molecule has 0 radical (unpaired) electrons. The topological polar surface area (TPSA) is 87.7 Å². The first-order chi connectivity index (χ1) is 18.7. The third-order valence-corrected chi connectivity index (χ3v) is 10.7. The Morgan fingerprint density at radius 1 is 1.05 bits per heavy atom. The lowest BCUT2D eigenvalue weighted by atomic mass is 9.73. The SMILES string of the molecule is Cc1ccc(NC(=O)[C@H]2[C@H]3C=C[C@@]4(O3)[C@H]2C(=O)N(C2CCCCC2)[C@@H]4C(=O)N[C@@H]2CCC[C@H](C)[C@@H]2C)cc1Cl. The second-order valence-corrected chi connectivity index (χ2v) is 13.0. The van der Waals surface area contributed by atoms with Crippen molar-refractivity contribution in [2.24, 2.45) is 23.7 Å². The number of hydrogen-bond acceptors (Lipinski definition) is 4. The lowest BCUT2D eigenvalue weighted by Crippen LogP contribution is -2.59. The molecular weight excluding hydrogens is 514 g/mol. The molecule has 1 spiro atoms. The number of anilines is 1. The van der Waals surface area contributed by atoms with Gasteiger partial charge in [0.25, 0.3) is 0 Å². The molecule has 3 aliphatic heterocycles. The van der Waals surface area contributed by atoms with Crippen LogP contribution in [0.15, 0.2) is 30.4 Å². The Hall–Kier alpha value is -2.38. The number of aryl methyl sites for hydroxylation is 1. The second-order valence-electron chi connectivity index (χ2n) is 12.6. The van der Waals surface area contributed by atoms with Gasteiger partial charge in [-0.15, -0.1) is 0 Å². The first kappa shape index (κ1) is 26.8. The molecular formula is C31H40ClN3O4. The van der Waals surface area contributed by atoms with Crippen molar-refractivity contribution >= 4 is 35.0 Å². The lowest BCUT2D eigenvalue weighted by Gasteiger charge is -2.40. The highest BCUT2D eigenvalue weighted by Gasteiger charge is 2.73. The molecule has 3 heterocycles. The van der Waals surface area contributed by atoms with Crippen molar-refractivity contribution in [1.29, 1.82) is 0 Å². The zero-order chi connectivity index (χ0) is 27.5. The molecule has 7 nitrogen and oxygen atoms in total. The monoisotopic (exact) mass is 553 g/mol. The molecule has 2 aliphatic carbocycles. The van der Waals surface area contributed by atoms with Gasteiger partial charge >= 0.3 is 0 Å². The van der Waals surface area contributed by atoms with Gasteiger partial charge in [0.1, 0.15) is 11.6 Å². The maximum absolute atomic E-state index is 14.3. The Morgan fingerprint density at radius 2 is 1.82 bits per heavy atom. The molecule has 6 rings (SSSR count). The van der Waals surface area contributed by atoms with Crippen LogP contribution in [0, 0.1) is 30.6 Å². The number of nitrogens with one attached hydrogen (secondary N) is 2. The van der Waals surface area contributed by atoms with Crippen LogP contribution in [-0.2, 0) is 19.1 Å². The van der Waals surface area contributed by atoms with Crippen LogP contribution in [0.2, 0.25) is 5.02 Å². The van der Waals surface area contributed by atoms with Crippen molar-refractivity contribution in [1.82, 2.24) is 10.2 Å². The van der Waals surface area contributed by atoms with E-state index in [1.165, 1.54) is 6.42 Å². The normalized spacial score (nSPS) is 37.7. The standard InChI is InChI=1S/C31H40ClN3O4/c1-17-8-7-11-23(19(17)3)34-29(37)27-31-15-14-24(39-31)25(28(36)33-20-13-12-18(2)22(32)16-20)26(31)30(38)35(27)21-9-5-4-6-10-21/h12-17,19,21,23-27H,4-11H2,1-3H3,(H,33,36)(H,34,37)/t17-,19-,23+,24+,25-,26+,27+,31+/m0/s1. The van der Waals surface area contributed by atoms with Crippen molar-refractivity contribution in [2.75, 3.05) is 5.32 Å². The molecule has 0 unspecified atom stereocenters. The van der Waals surface area contributed by atoms with Crippen molar-refractivity contribution in [3.63, 3.8) is 0 Å². The number of benzene rings is 1. The van der Waals surface area contributed by atoms with Gasteiger partial charge in [-0.2, -0.15) is 0 Å². The first-order valence-electron chi connectivity index (χ1n) is 14.8. The fourth-order valence-corrected chi connectivity index (χ4v) is 8.08. The molecule has 39 heavy (non-hydrogen) atoms. The van der Waals surface area contributed by atoms with Crippen molar-refractivity contribution < 1.29 is 19.1 Å². The first-order valence-corrected chi connectivity index (χ1v) is 15.2. The van der Waals surface area contributed by atoms with Crippen molar-refractivity contribution in [2.45, 2.75) is 102 Å². The Labute approximate surface area is 236 Å². The summed E-state index contributed by atoms with van der Waals surface area (Å²) >= 11 is 6.30. The highest BCUT2D eigenvalue weighted by Crippen LogP contribution is 2.56. The third-order valence-electron chi connectivity index (χ3n) is 10.3. The van der Waals surface area contributed by atoms with Crippen LogP contribution in [-0.4, -0.2) is 52.5 Å². The van der Waals surface area contributed by atoms with Crippen molar-refractivity contribution in [3.05, 3.63) is 40.9 Å². The fraction of sp³-hybridized carbons (Fsp3) is 0.645. The zero-order valence-electron chi connectivity index (χ0n) is 23.1. The number of fused-ring (bicyclic) bond motifs is 1. The van der Waals surface area contributed by atoms with Crippen LogP contribution >= 0.6 is 11.6 Å². The summed E-state index contributed by atoms with van der Waals surface area (Å²) in [5.41, 5.74) is 0.379. The van der Waals surface area contributed by atoms with Gasteiger partial charge in [0, 0.05) is 22.8 Å². The summed E-state index contributed by atoms with van der Waals surface area (Å²) in [7, 11) is 0. The predicted octanol–water partition coefficient (Wildman–Crippen LogP) is 5.01. The molecule has 5 aliphatic rings. The number of hydrogen-bond donors (Lipinski definition) is 2. The molecule has 1 aromatic rings. The summed E-state index contributed by atoms with van der Waals surface area (Å²) < 4.78 is 6.54. The molecule has 2 saturated carbocycles. The maximum atomic E-state index is 14.3. The van der Waals surface area contributed by atoms with Crippen LogP contribution in [0.4, 0.5) is 5.69 Å². The summed E-state index contributed by atoms with van der Waals surface area (Å²) in [6.45, 7) is 6.37. The summed E-state index contributed by atoms with van der Waals surface area (Å²) in [5.74, 6) is -1.07. The Morgan fingerprint density at radius 3 is 2.56 bits per heavy atom. The van der Waals surface area contributed by atoms with Gasteiger partial charge in [0.15, 0.2) is 0 Å². The van der Waals surface area contributed by atoms with Crippen molar-refractivity contribution in [3.8, 4) is 0 Å². The van der Waals surface area contributed by atoms with Crippen LogP contribution in [0.5, 0.6) is 0 Å². The largest absolute Gasteiger partial charge is 0.359 e. The van der Waals surface area contributed by atoms with E-state index in [0.717, 1.165) is 50.5 Å². The average molecular weight is 554 g/mol. The lowest BCUT2D eigenvalue weighted by molar-refractivity contribution is -0.145. The van der Waals surface area contributed by atoms with Gasteiger partial charge in [-0.25, -0.2) is 0 Å². The number of halogens is 1. The highest BCUT2D eigenvalue weighted by atomic mass is 35.5. The van der Waals surface area contributed by atoms with E-state index in [1.54, 1.807) is 6.07 Å². The van der Waals surface area contributed by atoms with Gasteiger partial charge in [-0.05, 0) is 55.7 Å². The van der Waals surface area contributed by atoms with E-state index in [2.05, 4.69) is 24.5 Å². The number of carbonyl (C=O) groups excluding carboxylic acids is 3. The van der Waals surface area contributed by atoms with E-state index in [9.17, 15) is 14.4 Å². The predicted molar refractivity (Wildman–Crippen MR) is 150 cm³/mol. The minimum Gasteiger partial charge on any atom is -0.359 e. The van der Waals surface area contributed by atoms with Gasteiger partial charge < -0.3 is 20.3 Å². The van der Waals surface area contributed by atoms with E-state index < -0.39 is 29.6 Å². The Balaban J connectivity index is 1.31. The molecule has 2 N–H and O–H groups in total. The smallest absolute Gasteiger partial charge is 0.246 e. The number of nitrogens with zero attached hydrogens (tertiary/aromatic N) is 1. The highest BCUT2D eigenvalue weighted by molar-refractivity contribution is 6.31. The van der Waals surface area contributed by atoms with E-state index in [0.29, 0.717) is 22.5 Å². The number of rotatable bonds is 5. The van der Waals surface area contributed by atoms with E-state index in [1.807, 2.05) is 36.1 Å². The van der Waals surface area contributed by atoms with Crippen LogP contribution in [0.1, 0.15) is 70.8 Å². The number of ether oxygens (including phenoxy) is 1. The van der Waals surface area contributed by atoms with Crippen LogP contribution in [0.3, 0.4) is 0 Å². The molecule has 1 aromatic carbocycles. The molecule has 4 fully saturated rings. The Kier molecular flexibility index (Phi) is 7.03. The van der Waals surface area contributed by atoms with Gasteiger partial charge in [-0.1, -0.05) is 75.8 Å². The second kappa shape index (κ2) is 10.2. The number of likely N-dealkylation sites (tertiary alicyclic amines) is 1. The molecule has 8 heteroatoms. The molecule has 0 aromatic heterocycles. The van der Waals surface area contributed by atoms with Crippen LogP contribution < -0.4 is 10.6 Å².